The van der Waals surface area contributed by atoms with Gasteiger partial charge in [-0.25, -0.2) is 5.43 Å². The average Bonchev–Trinajstić information content (AvgIpc) is 2.83. The molecule has 0 atom stereocenters. The average molecular weight is 639 g/mol. The summed E-state index contributed by atoms with van der Waals surface area (Å²) in [6.45, 7) is 0.282. The molecule has 0 aliphatic rings. The molecule has 0 saturated carbocycles. The molecule has 2 N–H and O–H groups in total. The molecule has 0 aliphatic carbocycles. The second-order valence-corrected chi connectivity index (χ2v) is 9.00. The lowest BCUT2D eigenvalue weighted by atomic mass is 10.2. The topological polar surface area (TPSA) is 115 Å². The van der Waals surface area contributed by atoms with Crippen LogP contribution in [0.5, 0.6) is 11.5 Å². The second-order valence-electron chi connectivity index (χ2n) is 6.90. The van der Waals surface area contributed by atoms with Gasteiger partial charge in [-0.15, -0.1) is 0 Å². The molecule has 0 aromatic heterocycles. The molecule has 176 valence electrons. The number of hydrazone groups is 1. The summed E-state index contributed by atoms with van der Waals surface area (Å²) in [5, 5.41) is 17.8. The number of nitro groups is 1. The largest absolute Gasteiger partial charge is 0.493 e. The van der Waals surface area contributed by atoms with Crippen LogP contribution in [0.15, 0.2) is 70.2 Å². The highest BCUT2D eigenvalue weighted by atomic mass is 127. The summed E-state index contributed by atoms with van der Waals surface area (Å²) in [5.41, 5.74) is 4.79. The third kappa shape index (κ3) is 7.42. The van der Waals surface area contributed by atoms with Crippen molar-refractivity contribution in [2.24, 2.45) is 5.10 Å². The third-order valence-corrected chi connectivity index (χ3v) is 5.79. The lowest BCUT2D eigenvalue weighted by Crippen LogP contribution is -2.25. The number of amides is 1. The van der Waals surface area contributed by atoms with Gasteiger partial charge in [-0.2, -0.15) is 5.10 Å². The Bertz CT molecular complexity index is 1190. The number of nitrogens with zero attached hydrogens (tertiary/aromatic N) is 2. The van der Waals surface area contributed by atoms with Gasteiger partial charge in [0.15, 0.2) is 11.5 Å². The number of ether oxygens (including phenoxy) is 2. The number of nitro benzene ring substituents is 1. The monoisotopic (exact) mass is 638 g/mol. The van der Waals surface area contributed by atoms with Gasteiger partial charge in [0.25, 0.3) is 11.6 Å². The highest BCUT2D eigenvalue weighted by Gasteiger charge is 2.12. The highest BCUT2D eigenvalue weighted by Crippen LogP contribution is 2.37. The maximum absolute atomic E-state index is 12.0. The fourth-order valence-electron chi connectivity index (χ4n) is 2.79. The first-order chi connectivity index (χ1) is 16.4. The molecule has 0 radical (unpaired) electrons. The van der Waals surface area contributed by atoms with Crippen LogP contribution < -0.4 is 20.2 Å². The lowest BCUT2D eigenvalue weighted by molar-refractivity contribution is -0.384. The predicted molar refractivity (Wildman–Crippen MR) is 142 cm³/mol. The number of halogens is 2. The van der Waals surface area contributed by atoms with E-state index in [1.165, 1.54) is 25.5 Å². The lowest BCUT2D eigenvalue weighted by Gasteiger charge is -2.13. The summed E-state index contributed by atoms with van der Waals surface area (Å²) in [4.78, 5) is 22.3. The molecule has 0 spiro atoms. The molecule has 0 aliphatic heterocycles. The summed E-state index contributed by atoms with van der Waals surface area (Å²) in [6.07, 6.45) is 1.50. The molecular formula is C23H20BrIN4O5. The van der Waals surface area contributed by atoms with Gasteiger partial charge in [0.05, 0.1) is 29.3 Å². The van der Waals surface area contributed by atoms with E-state index in [2.05, 4.69) is 54.4 Å². The standard InChI is InChI=1S/C23H20BrIN4O5/c1-33-21-11-16(12-27-28-22(30)13-26-18-6-4-17(25)5-7-18)10-20(24)23(21)34-14-15-2-8-19(9-3-15)29(31)32/h2-12,26H,13-14H2,1H3,(H,28,30)/b27-12-. The van der Waals surface area contributed by atoms with E-state index < -0.39 is 4.92 Å². The quantitative estimate of drug-likeness (QED) is 0.138. The fraction of sp³-hybridized carbons (Fsp3) is 0.130. The van der Waals surface area contributed by atoms with Crippen molar-refractivity contribution >= 4 is 62.0 Å². The number of benzene rings is 3. The summed E-state index contributed by atoms with van der Waals surface area (Å²) < 4.78 is 13.0. The van der Waals surface area contributed by atoms with E-state index >= 15 is 0 Å². The molecule has 0 fully saturated rings. The van der Waals surface area contributed by atoms with Crippen LogP contribution in [0.1, 0.15) is 11.1 Å². The van der Waals surface area contributed by atoms with E-state index in [1.807, 2.05) is 24.3 Å². The van der Waals surface area contributed by atoms with Gasteiger partial charge >= 0.3 is 0 Å². The number of hydrogen-bond acceptors (Lipinski definition) is 7. The van der Waals surface area contributed by atoms with Crippen molar-refractivity contribution in [3.05, 3.63) is 89.9 Å². The summed E-state index contributed by atoms with van der Waals surface area (Å²) in [5.74, 6) is 0.650. The van der Waals surface area contributed by atoms with E-state index in [0.29, 0.717) is 21.5 Å². The first kappa shape index (κ1) is 25.4. The Labute approximate surface area is 218 Å². The van der Waals surface area contributed by atoms with Gasteiger partial charge in [-0.3, -0.25) is 14.9 Å². The zero-order valence-electron chi connectivity index (χ0n) is 18.0. The molecule has 0 bridgehead atoms. The Morgan fingerprint density at radius 2 is 1.88 bits per heavy atom. The van der Waals surface area contributed by atoms with Gasteiger partial charge in [0.2, 0.25) is 0 Å². The Morgan fingerprint density at radius 3 is 2.53 bits per heavy atom. The molecule has 0 heterocycles. The van der Waals surface area contributed by atoms with Crippen LogP contribution in [-0.2, 0) is 11.4 Å². The molecule has 34 heavy (non-hydrogen) atoms. The van der Waals surface area contributed by atoms with E-state index in [1.54, 1.807) is 24.3 Å². The normalized spacial score (nSPS) is 10.7. The van der Waals surface area contributed by atoms with E-state index in [-0.39, 0.29) is 24.7 Å². The smallest absolute Gasteiger partial charge is 0.269 e. The third-order valence-electron chi connectivity index (χ3n) is 4.48. The Morgan fingerprint density at radius 1 is 1.18 bits per heavy atom. The molecular weight excluding hydrogens is 619 g/mol. The van der Waals surface area contributed by atoms with Gasteiger partial charge < -0.3 is 14.8 Å². The van der Waals surface area contributed by atoms with E-state index in [0.717, 1.165) is 14.8 Å². The van der Waals surface area contributed by atoms with Crippen molar-refractivity contribution in [2.75, 3.05) is 19.0 Å². The minimum absolute atomic E-state index is 0.0175. The van der Waals surface area contributed by atoms with Crippen molar-refractivity contribution in [2.45, 2.75) is 6.61 Å². The van der Waals surface area contributed by atoms with E-state index in [9.17, 15) is 14.9 Å². The number of anilines is 1. The summed E-state index contributed by atoms with van der Waals surface area (Å²) in [6, 6.07) is 17.3. The minimum atomic E-state index is -0.451. The molecule has 3 aromatic rings. The van der Waals surface area contributed by atoms with Crippen LogP contribution in [0.3, 0.4) is 0 Å². The van der Waals surface area contributed by atoms with Crippen molar-refractivity contribution in [3.63, 3.8) is 0 Å². The van der Waals surface area contributed by atoms with Crippen molar-refractivity contribution in [1.29, 1.82) is 0 Å². The van der Waals surface area contributed by atoms with Crippen LogP contribution in [0.25, 0.3) is 0 Å². The van der Waals surface area contributed by atoms with Gasteiger partial charge in [-0.1, -0.05) is 0 Å². The van der Waals surface area contributed by atoms with Crippen molar-refractivity contribution in [3.8, 4) is 11.5 Å². The zero-order chi connectivity index (χ0) is 24.5. The van der Waals surface area contributed by atoms with Crippen LogP contribution in [0.4, 0.5) is 11.4 Å². The molecule has 11 heteroatoms. The molecule has 0 saturated heterocycles. The van der Waals surface area contributed by atoms with Gasteiger partial charge in [0, 0.05) is 21.4 Å². The zero-order valence-corrected chi connectivity index (χ0v) is 21.7. The second kappa shape index (κ2) is 12.3. The number of hydrogen-bond donors (Lipinski definition) is 2. The number of nitrogens with one attached hydrogen (secondary N) is 2. The number of non-ortho nitro benzene ring substituents is 1. The molecule has 0 unspecified atom stereocenters. The SMILES string of the molecule is COc1cc(/C=N\NC(=O)CNc2ccc(I)cc2)cc(Br)c1OCc1ccc([N+](=O)[O-])cc1. The summed E-state index contributed by atoms with van der Waals surface area (Å²) >= 11 is 5.68. The van der Waals surface area contributed by atoms with Gasteiger partial charge in [-0.05, 0) is 98.2 Å². The Kier molecular flexibility index (Phi) is 9.22. The minimum Gasteiger partial charge on any atom is -0.493 e. The number of carbonyl (C=O) groups is 1. The Balaban J connectivity index is 1.57. The first-order valence-corrected chi connectivity index (χ1v) is 11.8. The molecule has 1 amide bonds. The number of rotatable bonds is 10. The van der Waals surface area contributed by atoms with Crippen LogP contribution in [0.2, 0.25) is 0 Å². The fourth-order valence-corrected chi connectivity index (χ4v) is 3.73. The number of methoxy groups -OCH3 is 1. The van der Waals surface area contributed by atoms with Crippen LogP contribution in [0, 0.1) is 13.7 Å². The maximum Gasteiger partial charge on any atom is 0.269 e. The summed E-state index contributed by atoms with van der Waals surface area (Å²) in [7, 11) is 1.51. The predicted octanol–water partition coefficient (Wildman–Crippen LogP) is 5.11. The van der Waals surface area contributed by atoms with Crippen molar-refractivity contribution < 1.29 is 19.2 Å². The van der Waals surface area contributed by atoms with Crippen molar-refractivity contribution in [1.82, 2.24) is 5.43 Å². The molecule has 3 aromatic carbocycles. The van der Waals surface area contributed by atoms with Gasteiger partial charge in [0.1, 0.15) is 6.61 Å². The molecule has 3 rings (SSSR count). The van der Waals surface area contributed by atoms with E-state index in [4.69, 9.17) is 9.47 Å². The molecule has 9 nitrogen and oxygen atoms in total. The first-order valence-electron chi connectivity index (χ1n) is 9.90. The van der Waals surface area contributed by atoms with Crippen LogP contribution >= 0.6 is 38.5 Å². The number of carbonyl (C=O) groups excluding carboxylic acids is 1. The highest BCUT2D eigenvalue weighted by molar-refractivity contribution is 14.1. The maximum atomic E-state index is 12.0. The van der Waals surface area contributed by atoms with Crippen LogP contribution in [-0.4, -0.2) is 30.7 Å². The Hall–Kier alpha value is -3.19.